The van der Waals surface area contributed by atoms with E-state index in [0.717, 1.165) is 0 Å². The summed E-state index contributed by atoms with van der Waals surface area (Å²) >= 11 is 0. The first-order valence-electron chi connectivity index (χ1n) is 7.23. The van der Waals surface area contributed by atoms with Crippen LogP contribution in [0.1, 0.15) is 33.6 Å². The fourth-order valence-electron chi connectivity index (χ4n) is 5.52. The van der Waals surface area contributed by atoms with Crippen LogP contribution >= 0.6 is 0 Å². The lowest BCUT2D eigenvalue weighted by molar-refractivity contribution is -0.294. The summed E-state index contributed by atoms with van der Waals surface area (Å²) in [6.45, 7) is 4.60. The molecule has 3 heterocycles. The van der Waals surface area contributed by atoms with E-state index in [2.05, 4.69) is 0 Å². The molecule has 4 N–H and O–H groups in total. The van der Waals surface area contributed by atoms with E-state index >= 15 is 0 Å². The quantitative estimate of drug-likeness (QED) is 0.409. The number of hydrogen-bond donors (Lipinski definition) is 4. The van der Waals surface area contributed by atoms with E-state index in [1.54, 1.807) is 6.92 Å². The van der Waals surface area contributed by atoms with Crippen molar-refractivity contribution in [1.82, 2.24) is 0 Å². The minimum Gasteiger partial charge on any atom is -0.451 e. The summed E-state index contributed by atoms with van der Waals surface area (Å²) in [5, 5.41) is 42.4. The second kappa shape index (κ2) is 3.14. The lowest BCUT2D eigenvalue weighted by Gasteiger charge is -2.60. The second-order valence-electron chi connectivity index (χ2n) is 7.42. The minimum atomic E-state index is -1.92. The number of carbonyl (C=O) groups excluding carboxylic acids is 1. The van der Waals surface area contributed by atoms with E-state index in [9.17, 15) is 25.2 Å². The Morgan fingerprint density at radius 2 is 1.86 bits per heavy atom. The molecule has 1 saturated carbocycles. The van der Waals surface area contributed by atoms with Crippen LogP contribution in [-0.4, -0.2) is 61.2 Å². The lowest BCUT2D eigenvalue weighted by Crippen LogP contribution is -2.79. The molecule has 0 radical (unpaired) electrons. The van der Waals surface area contributed by atoms with Crippen molar-refractivity contribution in [2.24, 2.45) is 11.3 Å². The van der Waals surface area contributed by atoms with Gasteiger partial charge in [0, 0.05) is 12.8 Å². The van der Waals surface area contributed by atoms with Crippen molar-refractivity contribution in [3.05, 3.63) is 0 Å². The first kappa shape index (κ1) is 13.9. The number of esters is 1. The van der Waals surface area contributed by atoms with Crippen molar-refractivity contribution >= 4 is 5.97 Å². The van der Waals surface area contributed by atoms with Gasteiger partial charge in [-0.2, -0.15) is 0 Å². The van der Waals surface area contributed by atoms with Crippen molar-refractivity contribution in [1.29, 1.82) is 0 Å². The van der Waals surface area contributed by atoms with Crippen LogP contribution in [0, 0.1) is 11.3 Å². The molecule has 21 heavy (non-hydrogen) atoms. The molecular formula is C14H20O7. The van der Waals surface area contributed by atoms with Gasteiger partial charge in [-0.05, 0) is 19.8 Å². The van der Waals surface area contributed by atoms with Gasteiger partial charge in [0.1, 0.15) is 5.60 Å². The molecule has 0 unspecified atom stereocenters. The van der Waals surface area contributed by atoms with Crippen molar-refractivity contribution in [2.75, 3.05) is 0 Å². The van der Waals surface area contributed by atoms with E-state index < -0.39 is 52.1 Å². The molecule has 0 aromatic heterocycles. The standard InChI is InChI=1S/C14H20O7/c1-6-7(15)4-13-11(3)10(2,18)14(19,21-13)5-12(6,13)8(16)9(17)20-11/h6-8,15-16,18-19H,4-5H2,1-3H3/t6-,7+,8+,10-,11-,12+,13+,14+/m1/s1. The number of fused-ring (bicyclic) bond motifs is 1. The number of aliphatic hydroxyl groups is 4. The zero-order chi connectivity index (χ0) is 15.6. The molecule has 0 amide bonds. The molecule has 8 atom stereocenters. The van der Waals surface area contributed by atoms with Gasteiger partial charge in [0.25, 0.3) is 0 Å². The van der Waals surface area contributed by atoms with Gasteiger partial charge in [0.2, 0.25) is 0 Å². The van der Waals surface area contributed by atoms with Crippen molar-refractivity contribution in [3.8, 4) is 0 Å². The van der Waals surface area contributed by atoms with Crippen LogP contribution in [0.15, 0.2) is 0 Å². The maximum absolute atomic E-state index is 12.2. The van der Waals surface area contributed by atoms with Crippen LogP contribution in [0.2, 0.25) is 0 Å². The average Bonchev–Trinajstić information content (AvgIpc) is 2.82. The fraction of sp³-hybridized carbons (Fsp3) is 0.929. The number of rotatable bonds is 0. The zero-order valence-electron chi connectivity index (χ0n) is 12.2. The van der Waals surface area contributed by atoms with Crippen LogP contribution in [0.5, 0.6) is 0 Å². The van der Waals surface area contributed by atoms with E-state index in [1.807, 2.05) is 0 Å². The Balaban J connectivity index is 2.05. The van der Waals surface area contributed by atoms with Crippen molar-refractivity contribution in [3.63, 3.8) is 0 Å². The molecule has 2 bridgehead atoms. The first-order valence-corrected chi connectivity index (χ1v) is 7.23. The van der Waals surface area contributed by atoms with Gasteiger partial charge in [-0.25, -0.2) is 4.79 Å². The Morgan fingerprint density at radius 1 is 1.24 bits per heavy atom. The van der Waals surface area contributed by atoms with Crippen LogP contribution in [0.3, 0.4) is 0 Å². The molecule has 1 spiro atoms. The maximum Gasteiger partial charge on any atom is 0.336 e. The van der Waals surface area contributed by atoms with E-state index in [1.165, 1.54) is 13.8 Å². The summed E-state index contributed by atoms with van der Waals surface area (Å²) in [4.78, 5) is 12.2. The Kier molecular flexibility index (Phi) is 2.08. The first-order chi connectivity index (χ1) is 9.49. The molecule has 3 saturated heterocycles. The Bertz CT molecular complexity index is 562. The molecule has 4 rings (SSSR count). The third-order valence-electron chi connectivity index (χ3n) is 6.99. The van der Waals surface area contributed by atoms with Crippen molar-refractivity contribution in [2.45, 2.75) is 68.4 Å². The third kappa shape index (κ3) is 0.963. The molecule has 0 aromatic rings. The van der Waals surface area contributed by atoms with Crippen LogP contribution in [0.4, 0.5) is 0 Å². The third-order valence-corrected chi connectivity index (χ3v) is 6.99. The van der Waals surface area contributed by atoms with Gasteiger partial charge >= 0.3 is 5.97 Å². The monoisotopic (exact) mass is 300 g/mol. The van der Waals surface area contributed by atoms with Crippen LogP contribution in [-0.2, 0) is 14.3 Å². The number of carbonyl (C=O) groups is 1. The summed E-state index contributed by atoms with van der Waals surface area (Å²) in [7, 11) is 0. The highest BCUT2D eigenvalue weighted by molar-refractivity contribution is 5.79. The number of aliphatic hydroxyl groups excluding tert-OH is 2. The topological polar surface area (TPSA) is 116 Å². The Morgan fingerprint density at radius 3 is 2.48 bits per heavy atom. The van der Waals surface area contributed by atoms with Gasteiger partial charge < -0.3 is 29.9 Å². The average molecular weight is 300 g/mol. The molecule has 1 aliphatic carbocycles. The van der Waals surface area contributed by atoms with Gasteiger partial charge in [-0.15, -0.1) is 0 Å². The molecule has 0 aromatic carbocycles. The predicted octanol–water partition coefficient (Wildman–Crippen LogP) is -1.34. The summed E-state index contributed by atoms with van der Waals surface area (Å²) in [6, 6.07) is 0. The highest BCUT2D eigenvalue weighted by Crippen LogP contribution is 2.78. The lowest BCUT2D eigenvalue weighted by atomic mass is 9.50. The molecule has 118 valence electrons. The summed E-state index contributed by atoms with van der Waals surface area (Å²) in [5.41, 5.74) is -5.82. The van der Waals surface area contributed by atoms with E-state index in [4.69, 9.17) is 9.47 Å². The van der Waals surface area contributed by atoms with Gasteiger partial charge in [0.15, 0.2) is 23.1 Å². The Hall–Kier alpha value is -0.730. The largest absolute Gasteiger partial charge is 0.451 e. The van der Waals surface area contributed by atoms with Crippen molar-refractivity contribution < 1.29 is 34.7 Å². The molecule has 3 aliphatic heterocycles. The van der Waals surface area contributed by atoms with E-state index in [0.29, 0.717) is 0 Å². The minimum absolute atomic E-state index is 0.0907. The molecule has 4 aliphatic rings. The smallest absolute Gasteiger partial charge is 0.336 e. The van der Waals surface area contributed by atoms with Gasteiger partial charge in [-0.1, -0.05) is 6.92 Å². The van der Waals surface area contributed by atoms with Gasteiger partial charge in [0.05, 0.1) is 11.5 Å². The maximum atomic E-state index is 12.2. The molecule has 7 nitrogen and oxygen atoms in total. The fourth-order valence-corrected chi connectivity index (χ4v) is 5.52. The molecule has 4 fully saturated rings. The van der Waals surface area contributed by atoms with Crippen LogP contribution in [0.25, 0.3) is 0 Å². The Labute approximate surface area is 121 Å². The predicted molar refractivity (Wildman–Crippen MR) is 66.7 cm³/mol. The van der Waals surface area contributed by atoms with Crippen LogP contribution < -0.4 is 0 Å². The number of ether oxygens (including phenoxy) is 2. The highest BCUT2D eigenvalue weighted by Gasteiger charge is 2.94. The zero-order valence-corrected chi connectivity index (χ0v) is 12.2. The summed E-state index contributed by atoms with van der Waals surface area (Å²) in [5.74, 6) is -3.23. The number of hydrogen-bond acceptors (Lipinski definition) is 7. The normalized spacial score (nSPS) is 68.1. The second-order valence-corrected chi connectivity index (χ2v) is 7.42. The SMILES string of the molecule is C[C@@H]1[C@@H](O)C[C@@]23O[C@@]4(O)C[C@@]12[C@@H](O)C(=O)O[C@]3(C)[C@@]4(C)O. The van der Waals surface area contributed by atoms with E-state index in [-0.39, 0.29) is 12.8 Å². The highest BCUT2D eigenvalue weighted by atomic mass is 16.7. The molecular weight excluding hydrogens is 280 g/mol. The van der Waals surface area contributed by atoms with Gasteiger partial charge in [-0.3, -0.25) is 0 Å². The summed E-state index contributed by atoms with van der Waals surface area (Å²) < 4.78 is 11.2. The summed E-state index contributed by atoms with van der Waals surface area (Å²) in [6.07, 6.45) is -2.33. The molecule has 7 heteroatoms.